The van der Waals surface area contributed by atoms with Crippen LogP contribution in [0.5, 0.6) is 0 Å². The highest BCUT2D eigenvalue weighted by molar-refractivity contribution is 7.92. The van der Waals surface area contributed by atoms with Crippen molar-refractivity contribution in [1.82, 2.24) is 10.3 Å². The molecule has 0 atom stereocenters. The number of fused-ring (bicyclic) bond motifs is 1. The number of nitrogens with one attached hydrogen (secondary N) is 3. The maximum atomic E-state index is 12.8. The third kappa shape index (κ3) is 3.56. The lowest BCUT2D eigenvalue weighted by molar-refractivity contribution is 0.0599. The van der Waals surface area contributed by atoms with E-state index >= 15 is 0 Å². The molecule has 1 amide bonds. The number of anilines is 1. The molecule has 28 heavy (non-hydrogen) atoms. The molecule has 0 aliphatic rings. The van der Waals surface area contributed by atoms with E-state index < -0.39 is 16.0 Å². The lowest BCUT2D eigenvalue weighted by Crippen LogP contribution is -2.17. The molecule has 0 fully saturated rings. The number of aromatic nitrogens is 1. The van der Waals surface area contributed by atoms with E-state index in [1.54, 1.807) is 31.2 Å². The molecular formula is C19H19N3O5S. The van der Waals surface area contributed by atoms with Gasteiger partial charge in [-0.15, -0.1) is 0 Å². The number of H-pyrrole nitrogens is 1. The van der Waals surface area contributed by atoms with Gasteiger partial charge in [-0.1, -0.05) is 6.07 Å². The van der Waals surface area contributed by atoms with Crippen molar-refractivity contribution in [3.63, 3.8) is 0 Å². The van der Waals surface area contributed by atoms with Gasteiger partial charge >= 0.3 is 5.97 Å². The molecule has 3 aromatic rings. The summed E-state index contributed by atoms with van der Waals surface area (Å²) in [6.45, 7) is 1.55. The number of benzene rings is 2. The highest BCUT2D eigenvalue weighted by Gasteiger charge is 2.21. The summed E-state index contributed by atoms with van der Waals surface area (Å²) in [6.07, 6.45) is 0. The van der Waals surface area contributed by atoms with E-state index in [4.69, 9.17) is 4.74 Å². The molecule has 0 unspecified atom stereocenters. The number of amides is 1. The average Bonchev–Trinajstić information content (AvgIpc) is 3.09. The summed E-state index contributed by atoms with van der Waals surface area (Å²) in [6, 6.07) is 10.9. The number of rotatable bonds is 5. The molecule has 2 aromatic carbocycles. The predicted octanol–water partition coefficient (Wildman–Crippen LogP) is 2.42. The van der Waals surface area contributed by atoms with Gasteiger partial charge in [0.25, 0.3) is 15.9 Å². The normalized spacial score (nSPS) is 11.2. The van der Waals surface area contributed by atoms with Crippen molar-refractivity contribution in [3.8, 4) is 0 Å². The largest absolute Gasteiger partial charge is 0.465 e. The van der Waals surface area contributed by atoms with Gasteiger partial charge in [0.1, 0.15) is 5.69 Å². The van der Waals surface area contributed by atoms with Crippen LogP contribution in [0.4, 0.5) is 5.69 Å². The van der Waals surface area contributed by atoms with Crippen molar-refractivity contribution in [3.05, 3.63) is 59.3 Å². The highest BCUT2D eigenvalue weighted by atomic mass is 32.2. The number of aromatic amines is 1. The Kier molecular flexibility index (Phi) is 5.10. The lowest BCUT2D eigenvalue weighted by atomic mass is 10.1. The van der Waals surface area contributed by atoms with Crippen LogP contribution in [0, 0.1) is 6.92 Å². The maximum Gasteiger partial charge on any atom is 0.338 e. The minimum Gasteiger partial charge on any atom is -0.465 e. The summed E-state index contributed by atoms with van der Waals surface area (Å²) in [5.74, 6) is -0.876. The van der Waals surface area contributed by atoms with E-state index in [1.165, 1.54) is 32.4 Å². The van der Waals surface area contributed by atoms with E-state index in [-0.39, 0.29) is 16.4 Å². The van der Waals surface area contributed by atoms with Gasteiger partial charge in [-0.05, 0) is 48.9 Å². The minimum atomic E-state index is -3.94. The fraction of sp³-hybridized carbons (Fsp3) is 0.158. The third-order valence-electron chi connectivity index (χ3n) is 4.32. The van der Waals surface area contributed by atoms with Crippen LogP contribution in [-0.2, 0) is 14.8 Å². The Morgan fingerprint density at radius 2 is 1.86 bits per heavy atom. The molecule has 146 valence electrons. The molecule has 0 saturated carbocycles. The van der Waals surface area contributed by atoms with Gasteiger partial charge in [0.2, 0.25) is 0 Å². The predicted molar refractivity (Wildman–Crippen MR) is 105 cm³/mol. The molecule has 1 aromatic heterocycles. The Morgan fingerprint density at radius 3 is 2.54 bits per heavy atom. The Labute approximate surface area is 162 Å². The number of carbonyl (C=O) groups is 2. The van der Waals surface area contributed by atoms with Crippen LogP contribution >= 0.6 is 0 Å². The number of ether oxygens (including phenoxy) is 1. The Hall–Kier alpha value is -3.33. The summed E-state index contributed by atoms with van der Waals surface area (Å²) in [7, 11) is -1.18. The van der Waals surface area contributed by atoms with Crippen LogP contribution in [0.1, 0.15) is 26.4 Å². The summed E-state index contributed by atoms with van der Waals surface area (Å²) in [5, 5.41) is 3.20. The van der Waals surface area contributed by atoms with Gasteiger partial charge < -0.3 is 15.0 Å². The number of hydrogen-bond acceptors (Lipinski definition) is 5. The van der Waals surface area contributed by atoms with E-state index in [9.17, 15) is 18.0 Å². The highest BCUT2D eigenvalue weighted by Crippen LogP contribution is 2.25. The van der Waals surface area contributed by atoms with Gasteiger partial charge in [-0.25, -0.2) is 13.2 Å². The Morgan fingerprint density at radius 1 is 1.11 bits per heavy atom. The molecular weight excluding hydrogens is 382 g/mol. The van der Waals surface area contributed by atoms with E-state index in [1.807, 2.05) is 0 Å². The molecule has 9 heteroatoms. The van der Waals surface area contributed by atoms with Crippen LogP contribution in [0.15, 0.2) is 47.4 Å². The molecule has 0 aliphatic heterocycles. The van der Waals surface area contributed by atoms with Gasteiger partial charge in [0, 0.05) is 23.6 Å². The molecule has 0 bridgehead atoms. The zero-order chi connectivity index (χ0) is 20.5. The lowest BCUT2D eigenvalue weighted by Gasteiger charge is -2.12. The molecule has 8 nitrogen and oxygen atoms in total. The number of sulfonamides is 1. The fourth-order valence-corrected chi connectivity index (χ4v) is 4.22. The van der Waals surface area contributed by atoms with Crippen molar-refractivity contribution in [2.75, 3.05) is 18.9 Å². The van der Waals surface area contributed by atoms with Crippen LogP contribution in [-0.4, -0.2) is 39.4 Å². The first-order valence-electron chi connectivity index (χ1n) is 8.32. The van der Waals surface area contributed by atoms with Crippen LogP contribution < -0.4 is 10.0 Å². The minimum absolute atomic E-state index is 0.0179. The molecule has 0 radical (unpaired) electrons. The molecule has 0 spiro atoms. The summed E-state index contributed by atoms with van der Waals surface area (Å²) < 4.78 is 32.9. The van der Waals surface area contributed by atoms with Crippen molar-refractivity contribution in [2.45, 2.75) is 11.8 Å². The van der Waals surface area contributed by atoms with Crippen molar-refractivity contribution < 1.29 is 22.7 Å². The second kappa shape index (κ2) is 7.35. The van der Waals surface area contributed by atoms with E-state index in [0.29, 0.717) is 27.8 Å². The Bertz CT molecular complexity index is 1180. The molecule has 3 N–H and O–H groups in total. The van der Waals surface area contributed by atoms with Crippen molar-refractivity contribution in [1.29, 1.82) is 0 Å². The second-order valence-electron chi connectivity index (χ2n) is 6.09. The number of carbonyl (C=O) groups excluding carboxylic acids is 2. The first-order chi connectivity index (χ1) is 13.3. The molecule has 3 rings (SSSR count). The standard InChI is InChI=1S/C19H19N3O5S/c1-11-14(19(24)27-3)5-4-6-17(11)28(25,26)22-13-7-8-15-12(9-13)10-16(21-15)18(23)20-2/h4-10,21-22H,1-3H3,(H,20,23). The maximum absolute atomic E-state index is 12.8. The SMILES string of the molecule is CNC(=O)c1cc2cc(NS(=O)(=O)c3cccc(C(=O)OC)c3C)ccc2[nH]1. The first-order valence-corrected chi connectivity index (χ1v) is 9.80. The topological polar surface area (TPSA) is 117 Å². The zero-order valence-corrected chi connectivity index (χ0v) is 16.3. The van der Waals surface area contributed by atoms with E-state index in [0.717, 1.165) is 0 Å². The fourth-order valence-electron chi connectivity index (χ4n) is 2.90. The van der Waals surface area contributed by atoms with Crippen molar-refractivity contribution in [2.24, 2.45) is 0 Å². The summed E-state index contributed by atoms with van der Waals surface area (Å²) >= 11 is 0. The zero-order valence-electron chi connectivity index (χ0n) is 15.5. The number of esters is 1. The molecule has 1 heterocycles. The third-order valence-corrected chi connectivity index (χ3v) is 5.85. The first kappa shape index (κ1) is 19.4. The summed E-state index contributed by atoms with van der Waals surface area (Å²) in [4.78, 5) is 26.5. The van der Waals surface area contributed by atoms with E-state index in [2.05, 4.69) is 15.0 Å². The van der Waals surface area contributed by atoms with Crippen molar-refractivity contribution >= 4 is 38.5 Å². The average molecular weight is 401 g/mol. The van der Waals surface area contributed by atoms with Crippen LogP contribution in [0.25, 0.3) is 10.9 Å². The van der Waals surface area contributed by atoms with Gasteiger partial charge in [0.15, 0.2) is 0 Å². The second-order valence-corrected chi connectivity index (χ2v) is 7.74. The summed E-state index contributed by atoms with van der Waals surface area (Å²) in [5.41, 5.74) is 1.88. The quantitative estimate of drug-likeness (QED) is 0.568. The smallest absolute Gasteiger partial charge is 0.338 e. The Balaban J connectivity index is 1.96. The van der Waals surface area contributed by atoms with Gasteiger partial charge in [-0.3, -0.25) is 9.52 Å². The molecule has 0 saturated heterocycles. The van der Waals surface area contributed by atoms with Gasteiger partial charge in [0.05, 0.1) is 17.6 Å². The number of hydrogen-bond donors (Lipinski definition) is 3. The van der Waals surface area contributed by atoms with Crippen LogP contribution in [0.2, 0.25) is 0 Å². The van der Waals surface area contributed by atoms with Crippen LogP contribution in [0.3, 0.4) is 0 Å². The van der Waals surface area contributed by atoms with Gasteiger partial charge in [-0.2, -0.15) is 0 Å². The molecule has 0 aliphatic carbocycles. The number of methoxy groups -OCH3 is 1. The monoisotopic (exact) mass is 401 g/mol.